The van der Waals surface area contributed by atoms with Crippen molar-refractivity contribution in [3.8, 4) is 0 Å². The van der Waals surface area contributed by atoms with Crippen LogP contribution in [-0.2, 0) is 6.54 Å². The highest BCUT2D eigenvalue weighted by Gasteiger charge is 2.56. The van der Waals surface area contributed by atoms with E-state index in [2.05, 4.69) is 5.32 Å². The van der Waals surface area contributed by atoms with E-state index in [1.807, 2.05) is 18.2 Å². The fraction of sp³-hybridized carbons (Fsp3) is 0.500. The van der Waals surface area contributed by atoms with Crippen LogP contribution < -0.4 is 5.32 Å². The number of carbonyl (C=O) groups is 2. The third-order valence-corrected chi connectivity index (χ3v) is 5.09. The van der Waals surface area contributed by atoms with Crippen LogP contribution in [0.1, 0.15) is 35.2 Å². The number of benzene rings is 1. The molecule has 1 aliphatic heterocycles. The monoisotopic (exact) mass is 270 g/mol. The molecule has 2 amide bonds. The molecule has 0 saturated heterocycles. The fourth-order valence-electron chi connectivity index (χ4n) is 3.94. The highest BCUT2D eigenvalue weighted by atomic mass is 16.2. The van der Waals surface area contributed by atoms with Crippen molar-refractivity contribution in [2.45, 2.75) is 25.8 Å². The molecule has 0 bridgehead atoms. The SMILES string of the molecule is CN1Cc2cc(C(=O)C3C4CCCC43)ccc2NC1=O. The first-order chi connectivity index (χ1) is 9.65. The van der Waals surface area contributed by atoms with E-state index in [-0.39, 0.29) is 11.9 Å². The molecule has 20 heavy (non-hydrogen) atoms. The highest BCUT2D eigenvalue weighted by Crippen LogP contribution is 2.58. The van der Waals surface area contributed by atoms with Crippen LogP contribution in [-0.4, -0.2) is 23.8 Å². The zero-order chi connectivity index (χ0) is 13.9. The van der Waals surface area contributed by atoms with Gasteiger partial charge in [-0.15, -0.1) is 0 Å². The second-order valence-electron chi connectivity index (χ2n) is 6.31. The van der Waals surface area contributed by atoms with Crippen molar-refractivity contribution in [1.29, 1.82) is 0 Å². The van der Waals surface area contributed by atoms with Crippen molar-refractivity contribution in [1.82, 2.24) is 4.90 Å². The van der Waals surface area contributed by atoms with E-state index in [1.54, 1.807) is 11.9 Å². The lowest BCUT2D eigenvalue weighted by Gasteiger charge is -2.26. The summed E-state index contributed by atoms with van der Waals surface area (Å²) in [6.07, 6.45) is 3.75. The molecule has 2 saturated carbocycles. The van der Waals surface area contributed by atoms with Gasteiger partial charge in [0.1, 0.15) is 0 Å². The van der Waals surface area contributed by atoms with E-state index in [0.29, 0.717) is 24.2 Å². The molecule has 1 heterocycles. The molecule has 4 rings (SSSR count). The van der Waals surface area contributed by atoms with Gasteiger partial charge in [0.15, 0.2) is 5.78 Å². The Kier molecular flexibility index (Phi) is 2.43. The summed E-state index contributed by atoms with van der Waals surface area (Å²) in [7, 11) is 1.76. The highest BCUT2D eigenvalue weighted by molar-refractivity contribution is 6.01. The van der Waals surface area contributed by atoms with Crippen LogP contribution in [0.25, 0.3) is 0 Å². The first-order valence-corrected chi connectivity index (χ1v) is 7.34. The molecule has 0 radical (unpaired) electrons. The van der Waals surface area contributed by atoms with Crippen molar-refractivity contribution in [2.24, 2.45) is 17.8 Å². The van der Waals surface area contributed by atoms with Gasteiger partial charge in [0.05, 0.1) is 0 Å². The summed E-state index contributed by atoms with van der Waals surface area (Å²) in [5.41, 5.74) is 2.68. The Balaban J connectivity index is 1.59. The van der Waals surface area contributed by atoms with Crippen LogP contribution in [0.4, 0.5) is 10.5 Å². The van der Waals surface area contributed by atoms with Crippen molar-refractivity contribution >= 4 is 17.5 Å². The Bertz CT molecular complexity index is 600. The number of amides is 2. The number of hydrogen-bond acceptors (Lipinski definition) is 2. The number of carbonyl (C=O) groups excluding carboxylic acids is 2. The summed E-state index contributed by atoms with van der Waals surface area (Å²) in [5, 5.41) is 2.84. The molecule has 104 valence electrons. The zero-order valence-electron chi connectivity index (χ0n) is 11.6. The molecular weight excluding hydrogens is 252 g/mol. The molecule has 3 aliphatic rings. The van der Waals surface area contributed by atoms with Gasteiger partial charge in [-0.3, -0.25) is 4.79 Å². The van der Waals surface area contributed by atoms with Crippen molar-refractivity contribution in [2.75, 3.05) is 12.4 Å². The number of Topliss-reactive ketones (excluding diaryl/α,β-unsaturated/α-hetero) is 1. The fourth-order valence-corrected chi connectivity index (χ4v) is 3.94. The first kappa shape index (κ1) is 11.9. The van der Waals surface area contributed by atoms with E-state index in [1.165, 1.54) is 19.3 Å². The number of ketones is 1. The van der Waals surface area contributed by atoms with Crippen LogP contribution in [0, 0.1) is 17.8 Å². The Morgan fingerprint density at radius 3 is 2.80 bits per heavy atom. The summed E-state index contributed by atoms with van der Waals surface area (Å²) in [6, 6.07) is 5.60. The third kappa shape index (κ3) is 1.67. The molecule has 1 N–H and O–H groups in total. The van der Waals surface area contributed by atoms with Crippen LogP contribution in [0.2, 0.25) is 0 Å². The molecule has 0 aromatic heterocycles. The van der Waals surface area contributed by atoms with Gasteiger partial charge in [-0.05, 0) is 48.4 Å². The molecular formula is C16H18N2O2. The summed E-state index contributed by atoms with van der Waals surface area (Å²) in [6.45, 7) is 0.569. The standard InChI is InChI=1S/C16H18N2O2/c1-18-8-10-7-9(5-6-13(10)17-16(18)20)15(19)14-11-3-2-4-12(11)14/h5-7,11-12,14H,2-4,8H2,1H3,(H,17,20). The van der Waals surface area contributed by atoms with E-state index in [4.69, 9.17) is 0 Å². The molecule has 4 heteroatoms. The van der Waals surface area contributed by atoms with Crippen molar-refractivity contribution in [3.05, 3.63) is 29.3 Å². The maximum absolute atomic E-state index is 12.6. The van der Waals surface area contributed by atoms with Crippen LogP contribution >= 0.6 is 0 Å². The predicted octanol–water partition coefficient (Wildman–Crippen LogP) is 2.89. The number of hydrogen-bond donors (Lipinski definition) is 1. The second kappa shape index (κ2) is 4.08. The Morgan fingerprint density at radius 1 is 1.30 bits per heavy atom. The van der Waals surface area contributed by atoms with Crippen LogP contribution in [0.3, 0.4) is 0 Å². The van der Waals surface area contributed by atoms with Gasteiger partial charge in [-0.1, -0.05) is 6.42 Å². The quantitative estimate of drug-likeness (QED) is 0.840. The molecule has 1 aromatic rings. The average Bonchev–Trinajstić information content (AvgIpc) is 2.91. The number of rotatable bonds is 2. The molecule has 2 atom stereocenters. The minimum absolute atomic E-state index is 0.0895. The summed E-state index contributed by atoms with van der Waals surface area (Å²) < 4.78 is 0. The number of anilines is 1. The lowest BCUT2D eigenvalue weighted by Crippen LogP contribution is -2.35. The summed E-state index contributed by atoms with van der Waals surface area (Å²) in [5.74, 6) is 1.89. The van der Waals surface area contributed by atoms with E-state index >= 15 is 0 Å². The van der Waals surface area contributed by atoms with Gasteiger partial charge in [-0.2, -0.15) is 0 Å². The molecule has 2 fully saturated rings. The van der Waals surface area contributed by atoms with Gasteiger partial charge < -0.3 is 10.2 Å². The second-order valence-corrected chi connectivity index (χ2v) is 6.31. The maximum atomic E-state index is 12.6. The normalized spacial score (nSPS) is 30.6. The largest absolute Gasteiger partial charge is 0.323 e. The number of fused-ring (bicyclic) bond motifs is 2. The topological polar surface area (TPSA) is 49.4 Å². The molecule has 2 unspecified atom stereocenters. The lowest BCUT2D eigenvalue weighted by molar-refractivity contribution is 0.0951. The number of urea groups is 1. The average molecular weight is 270 g/mol. The van der Waals surface area contributed by atoms with E-state index < -0.39 is 0 Å². The van der Waals surface area contributed by atoms with Gasteiger partial charge >= 0.3 is 6.03 Å². The van der Waals surface area contributed by atoms with Crippen LogP contribution in [0.5, 0.6) is 0 Å². The van der Waals surface area contributed by atoms with E-state index in [0.717, 1.165) is 16.8 Å². The van der Waals surface area contributed by atoms with Gasteiger partial charge in [-0.25, -0.2) is 4.79 Å². The van der Waals surface area contributed by atoms with Gasteiger partial charge in [0.2, 0.25) is 0 Å². The minimum Gasteiger partial charge on any atom is -0.323 e. The number of nitrogens with one attached hydrogen (secondary N) is 1. The van der Waals surface area contributed by atoms with Crippen molar-refractivity contribution in [3.63, 3.8) is 0 Å². The number of nitrogens with zero attached hydrogens (tertiary/aromatic N) is 1. The minimum atomic E-state index is -0.0895. The van der Waals surface area contributed by atoms with Gasteiger partial charge in [0, 0.05) is 30.8 Å². The first-order valence-electron chi connectivity index (χ1n) is 7.34. The Morgan fingerprint density at radius 2 is 2.05 bits per heavy atom. The molecule has 4 nitrogen and oxygen atoms in total. The van der Waals surface area contributed by atoms with Crippen molar-refractivity contribution < 1.29 is 9.59 Å². The third-order valence-electron chi connectivity index (χ3n) is 5.09. The zero-order valence-corrected chi connectivity index (χ0v) is 11.6. The summed E-state index contributed by atoms with van der Waals surface area (Å²) >= 11 is 0. The maximum Gasteiger partial charge on any atom is 0.321 e. The molecule has 0 spiro atoms. The Labute approximate surface area is 118 Å². The van der Waals surface area contributed by atoms with E-state index in [9.17, 15) is 9.59 Å². The summed E-state index contributed by atoms with van der Waals surface area (Å²) in [4.78, 5) is 25.8. The smallest absolute Gasteiger partial charge is 0.321 e. The predicted molar refractivity (Wildman–Crippen MR) is 75.6 cm³/mol. The molecule has 1 aromatic carbocycles. The lowest BCUT2D eigenvalue weighted by atomic mass is 9.98. The van der Waals surface area contributed by atoms with Crippen LogP contribution in [0.15, 0.2) is 18.2 Å². The molecule has 2 aliphatic carbocycles. The Hall–Kier alpha value is -1.84. The van der Waals surface area contributed by atoms with Gasteiger partial charge in [0.25, 0.3) is 0 Å².